The number of allylic oxidation sites excluding steroid dienone is 1. The Morgan fingerprint density at radius 2 is 1.40 bits per heavy atom. The van der Waals surface area contributed by atoms with Gasteiger partial charge >= 0.3 is 5.97 Å². The predicted molar refractivity (Wildman–Crippen MR) is 207 cm³/mol. The number of carboxylic acid groups (broad SMARTS) is 1. The van der Waals surface area contributed by atoms with E-state index in [0.29, 0.717) is 48.6 Å². The fourth-order valence-corrected chi connectivity index (χ4v) is 13.8. The van der Waals surface area contributed by atoms with Crippen LogP contribution in [0.15, 0.2) is 36.4 Å². The molecule has 5 saturated carbocycles. The topological polar surface area (TPSA) is 116 Å². The number of carboxylic acids is 1. The van der Waals surface area contributed by atoms with Gasteiger partial charge in [0.25, 0.3) is 5.91 Å². The summed E-state index contributed by atoms with van der Waals surface area (Å²) in [7, 11) is 0. The zero-order valence-corrected chi connectivity index (χ0v) is 33.1. The lowest BCUT2D eigenvalue weighted by atomic mass is 9.32. The second-order valence-corrected chi connectivity index (χ2v) is 19.3. The molecule has 5 aliphatic carbocycles. The lowest BCUT2D eigenvalue weighted by Crippen LogP contribution is -2.67. The van der Waals surface area contributed by atoms with Crippen LogP contribution in [0.25, 0.3) is 0 Å². The second kappa shape index (κ2) is 14.5. The molecular formula is C45H68N2O5. The third-order valence-corrected chi connectivity index (χ3v) is 16.8. The molecular weight excluding hydrogens is 649 g/mol. The zero-order valence-electron chi connectivity index (χ0n) is 33.1. The van der Waals surface area contributed by atoms with Crippen molar-refractivity contribution in [3.8, 4) is 0 Å². The summed E-state index contributed by atoms with van der Waals surface area (Å²) in [6.07, 6.45) is 15.7. The Kier molecular flexibility index (Phi) is 10.9. The number of nitrogens with one attached hydrogen (secondary N) is 2. The van der Waals surface area contributed by atoms with E-state index in [1.54, 1.807) is 18.2 Å². The Hall–Kier alpha value is -2.67. The fraction of sp³-hybridized carbons (Fsp3) is 0.756. The lowest BCUT2D eigenvalue weighted by Gasteiger charge is -2.72. The largest absolute Gasteiger partial charge is 0.478 e. The molecule has 0 heterocycles. The summed E-state index contributed by atoms with van der Waals surface area (Å²) in [6.45, 7) is 20.5. The van der Waals surface area contributed by atoms with Gasteiger partial charge in [-0.1, -0.05) is 78.2 Å². The maximum atomic E-state index is 14.4. The van der Waals surface area contributed by atoms with E-state index in [-0.39, 0.29) is 50.2 Å². The highest BCUT2D eigenvalue weighted by atomic mass is 16.4. The number of unbranched alkanes of at least 4 members (excludes halogenated alkanes) is 4. The van der Waals surface area contributed by atoms with Crippen LogP contribution < -0.4 is 10.6 Å². The van der Waals surface area contributed by atoms with Gasteiger partial charge in [0.05, 0.1) is 22.6 Å². The van der Waals surface area contributed by atoms with Gasteiger partial charge in [0, 0.05) is 13.1 Å². The van der Waals surface area contributed by atoms with Gasteiger partial charge in [-0.3, -0.25) is 9.59 Å². The van der Waals surface area contributed by atoms with Crippen LogP contribution >= 0.6 is 0 Å². The van der Waals surface area contributed by atoms with Gasteiger partial charge in [-0.05, 0) is 147 Å². The summed E-state index contributed by atoms with van der Waals surface area (Å²) in [6, 6.07) is 6.30. The van der Waals surface area contributed by atoms with E-state index in [4.69, 9.17) is 0 Å². The first-order chi connectivity index (χ1) is 24.5. The zero-order chi connectivity index (χ0) is 37.7. The van der Waals surface area contributed by atoms with Gasteiger partial charge in [-0.25, -0.2) is 4.79 Å². The van der Waals surface area contributed by atoms with Crippen molar-refractivity contribution >= 4 is 17.8 Å². The van der Waals surface area contributed by atoms with Crippen LogP contribution in [-0.2, 0) is 4.79 Å². The minimum atomic E-state index is -1.10. The normalized spacial score (nSPS) is 38.9. The molecule has 0 bridgehead atoms. The fourth-order valence-electron chi connectivity index (χ4n) is 13.8. The molecule has 0 aromatic heterocycles. The summed E-state index contributed by atoms with van der Waals surface area (Å²) < 4.78 is 0. The van der Waals surface area contributed by atoms with Gasteiger partial charge in [0.2, 0.25) is 5.91 Å². The first-order valence-corrected chi connectivity index (χ1v) is 20.8. The lowest BCUT2D eigenvalue weighted by molar-refractivity contribution is -0.246. The number of carbonyl (C=O) groups excluding carboxylic acids is 2. The third-order valence-electron chi connectivity index (χ3n) is 16.8. The molecule has 0 radical (unpaired) electrons. The van der Waals surface area contributed by atoms with Gasteiger partial charge in [-0.2, -0.15) is 0 Å². The van der Waals surface area contributed by atoms with Crippen molar-refractivity contribution in [2.75, 3.05) is 13.1 Å². The maximum Gasteiger partial charge on any atom is 0.336 e. The van der Waals surface area contributed by atoms with Crippen molar-refractivity contribution < 1.29 is 24.6 Å². The van der Waals surface area contributed by atoms with Crippen LogP contribution in [0.2, 0.25) is 0 Å². The van der Waals surface area contributed by atoms with Gasteiger partial charge in [0.1, 0.15) is 0 Å². The Balaban J connectivity index is 1.04. The number of aliphatic hydroxyl groups is 1. The molecule has 0 aliphatic heterocycles. The summed E-state index contributed by atoms with van der Waals surface area (Å²) in [5.41, 5.74) is 1.81. The van der Waals surface area contributed by atoms with E-state index in [2.05, 4.69) is 58.8 Å². The molecule has 0 spiro atoms. The van der Waals surface area contributed by atoms with Crippen molar-refractivity contribution in [2.45, 2.75) is 144 Å². The highest BCUT2D eigenvalue weighted by Gasteiger charge is 2.71. The molecule has 4 N–H and O–H groups in total. The minimum Gasteiger partial charge on any atom is -0.478 e. The molecule has 1 aromatic carbocycles. The predicted octanol–water partition coefficient (Wildman–Crippen LogP) is 9.20. The Morgan fingerprint density at radius 3 is 2.08 bits per heavy atom. The Morgan fingerprint density at radius 1 is 0.750 bits per heavy atom. The first kappa shape index (κ1) is 39.0. The van der Waals surface area contributed by atoms with Gasteiger partial charge in [0.15, 0.2) is 0 Å². The number of aliphatic hydroxyl groups excluding tert-OH is 1. The number of rotatable bonds is 12. The first-order valence-electron chi connectivity index (χ1n) is 20.8. The molecule has 5 fully saturated rings. The number of carbonyl (C=O) groups is 3. The summed E-state index contributed by atoms with van der Waals surface area (Å²) >= 11 is 0. The molecule has 6 rings (SSSR count). The smallest absolute Gasteiger partial charge is 0.336 e. The molecule has 7 heteroatoms. The number of hydrogen-bond acceptors (Lipinski definition) is 4. The molecule has 2 amide bonds. The summed E-state index contributed by atoms with van der Waals surface area (Å²) in [5.74, 6) is 1.34. The standard InChI is InChI=1S/C45H68N2O5/c1-29(2)30-19-24-45(40(52)47-28-14-10-8-9-13-27-46-38(49)31-15-11-12-16-32(31)39(50)51)26-25-43(6)33(37(30)45)17-18-35-42(5)22-21-36(48)41(3,4)34(42)20-23-44(35,43)7/h11-12,15-16,30,33-37,48H,1,8-10,13-14,17-28H2,2-7H3,(H,46,49)(H,47,52)(H,50,51)/t30-,33+,34-,35?,36-,37+,42-,43+,44+,45-/m0/s1. The monoisotopic (exact) mass is 717 g/mol. The summed E-state index contributed by atoms with van der Waals surface area (Å²) in [5, 5.41) is 26.8. The van der Waals surface area contributed by atoms with E-state index in [9.17, 15) is 24.6 Å². The van der Waals surface area contributed by atoms with Crippen LogP contribution in [0.5, 0.6) is 0 Å². The summed E-state index contributed by atoms with van der Waals surface area (Å²) in [4.78, 5) is 38.4. The van der Waals surface area contributed by atoms with Gasteiger partial charge < -0.3 is 20.8 Å². The van der Waals surface area contributed by atoms with Crippen LogP contribution in [0.1, 0.15) is 159 Å². The van der Waals surface area contributed by atoms with Crippen LogP contribution in [0, 0.1) is 56.7 Å². The van der Waals surface area contributed by atoms with Crippen LogP contribution in [-0.4, -0.2) is 47.2 Å². The molecule has 10 atom stereocenters. The molecule has 288 valence electrons. The number of benzene rings is 1. The average Bonchev–Trinajstić information content (AvgIpc) is 3.51. The highest BCUT2D eigenvalue weighted by Crippen LogP contribution is 2.77. The number of fused-ring (bicyclic) bond motifs is 7. The van der Waals surface area contributed by atoms with Gasteiger partial charge in [-0.15, -0.1) is 0 Å². The molecule has 5 aliphatic rings. The quantitative estimate of drug-likeness (QED) is 0.127. The Bertz CT molecular complexity index is 1540. The SMILES string of the molecule is C=C(C)[C@@H]1CC[C@]2(C(=O)NCCCCCCCNC(=O)c3ccccc3C(=O)O)CC[C@]3(C)[C@H](CCC4[C@@]5(C)CC[C@H](O)C(C)(C)[C@@H]5CC[C@]43C)[C@@H]12. The van der Waals surface area contributed by atoms with Crippen LogP contribution in [0.3, 0.4) is 0 Å². The molecule has 0 saturated heterocycles. The van der Waals surface area contributed by atoms with Crippen molar-refractivity contribution in [3.05, 3.63) is 47.5 Å². The molecule has 52 heavy (non-hydrogen) atoms. The second-order valence-electron chi connectivity index (χ2n) is 19.3. The van der Waals surface area contributed by atoms with E-state index < -0.39 is 5.97 Å². The molecule has 1 aromatic rings. The van der Waals surface area contributed by atoms with Crippen molar-refractivity contribution in [2.24, 2.45) is 56.7 Å². The van der Waals surface area contributed by atoms with E-state index >= 15 is 0 Å². The average molecular weight is 717 g/mol. The highest BCUT2D eigenvalue weighted by molar-refractivity contribution is 6.04. The van der Waals surface area contributed by atoms with Crippen molar-refractivity contribution in [3.63, 3.8) is 0 Å². The number of aromatic carboxylic acids is 1. The van der Waals surface area contributed by atoms with Crippen molar-refractivity contribution in [1.29, 1.82) is 0 Å². The van der Waals surface area contributed by atoms with Crippen LogP contribution in [0.4, 0.5) is 0 Å². The van der Waals surface area contributed by atoms with E-state index in [0.717, 1.165) is 70.6 Å². The number of hydrogen-bond donors (Lipinski definition) is 4. The third kappa shape index (κ3) is 6.27. The minimum absolute atomic E-state index is 0.0203. The van der Waals surface area contributed by atoms with Crippen molar-refractivity contribution in [1.82, 2.24) is 10.6 Å². The van der Waals surface area contributed by atoms with E-state index in [1.165, 1.54) is 37.3 Å². The number of amides is 2. The molecule has 7 nitrogen and oxygen atoms in total. The Labute approximate surface area is 313 Å². The molecule has 1 unspecified atom stereocenters. The van der Waals surface area contributed by atoms with E-state index in [1.807, 2.05) is 0 Å². The maximum absolute atomic E-state index is 14.4.